The monoisotopic (exact) mass is 534 g/mol. The highest BCUT2D eigenvalue weighted by Crippen LogP contribution is 2.45. The number of Topliss-reactive ketones (excluding diaryl/α,β-unsaturated/α-hetero) is 1. The Labute approximate surface area is 208 Å². The third kappa shape index (κ3) is 3.89. The van der Waals surface area contributed by atoms with Crippen LogP contribution in [0.3, 0.4) is 0 Å². The average molecular weight is 535 g/mol. The third-order valence-corrected chi connectivity index (χ3v) is 7.03. The second kappa shape index (κ2) is 9.04. The Kier molecular flexibility index (Phi) is 5.93. The number of ether oxygens (including phenoxy) is 1. The molecule has 6 nitrogen and oxygen atoms in total. The number of rotatable bonds is 5. The van der Waals surface area contributed by atoms with Crippen LogP contribution in [0.25, 0.3) is 16.0 Å². The maximum Gasteiger partial charge on any atom is 0.301 e. The summed E-state index contributed by atoms with van der Waals surface area (Å²) in [6.45, 7) is 2.45. The summed E-state index contributed by atoms with van der Waals surface area (Å²) >= 11 is 4.77. The summed E-state index contributed by atoms with van der Waals surface area (Å²) in [7, 11) is 0. The first-order valence-electron chi connectivity index (χ1n) is 10.6. The van der Waals surface area contributed by atoms with Gasteiger partial charge in [0.15, 0.2) is 5.13 Å². The van der Waals surface area contributed by atoms with E-state index in [4.69, 9.17) is 4.74 Å². The summed E-state index contributed by atoms with van der Waals surface area (Å²) in [5.74, 6) is -0.988. The minimum atomic E-state index is -0.829. The zero-order valence-corrected chi connectivity index (χ0v) is 20.5. The van der Waals surface area contributed by atoms with Gasteiger partial charge in [0.25, 0.3) is 5.78 Å². The molecular weight excluding hydrogens is 516 g/mol. The lowest BCUT2D eigenvalue weighted by Gasteiger charge is -2.23. The summed E-state index contributed by atoms with van der Waals surface area (Å²) in [5.41, 5.74) is 1.87. The zero-order valence-electron chi connectivity index (χ0n) is 18.1. The number of amides is 1. The predicted molar refractivity (Wildman–Crippen MR) is 136 cm³/mol. The van der Waals surface area contributed by atoms with Gasteiger partial charge in [0.05, 0.1) is 28.4 Å². The molecule has 0 spiro atoms. The van der Waals surface area contributed by atoms with Gasteiger partial charge < -0.3 is 9.84 Å². The first-order chi connectivity index (χ1) is 16.5. The van der Waals surface area contributed by atoms with Crippen LogP contribution in [-0.2, 0) is 9.59 Å². The topological polar surface area (TPSA) is 79.7 Å². The van der Waals surface area contributed by atoms with E-state index >= 15 is 0 Å². The highest BCUT2D eigenvalue weighted by molar-refractivity contribution is 9.10. The van der Waals surface area contributed by atoms with E-state index in [1.807, 2.05) is 55.5 Å². The van der Waals surface area contributed by atoms with Crippen molar-refractivity contribution < 1.29 is 19.4 Å². The van der Waals surface area contributed by atoms with Crippen molar-refractivity contribution in [3.05, 3.63) is 94.0 Å². The minimum Gasteiger partial charge on any atom is -0.507 e. The first kappa shape index (κ1) is 22.3. The van der Waals surface area contributed by atoms with Crippen LogP contribution in [0.5, 0.6) is 5.75 Å². The Morgan fingerprint density at radius 2 is 1.88 bits per heavy atom. The van der Waals surface area contributed by atoms with Crippen molar-refractivity contribution in [1.29, 1.82) is 0 Å². The number of carbonyl (C=O) groups excluding carboxylic acids is 2. The molecule has 8 heteroatoms. The number of hydrogen-bond acceptors (Lipinski definition) is 6. The summed E-state index contributed by atoms with van der Waals surface area (Å²) in [4.78, 5) is 32.6. The number of aliphatic hydroxyl groups excluding tert-OH is 1. The van der Waals surface area contributed by atoms with Gasteiger partial charge in [-0.1, -0.05) is 69.7 Å². The number of nitrogens with zero attached hydrogens (tertiary/aromatic N) is 2. The second-order valence-corrected chi connectivity index (χ2v) is 9.57. The quantitative estimate of drug-likeness (QED) is 0.190. The number of ketones is 1. The summed E-state index contributed by atoms with van der Waals surface area (Å²) in [5, 5.41) is 11.5. The van der Waals surface area contributed by atoms with E-state index < -0.39 is 17.7 Å². The molecule has 1 atom stereocenters. The lowest BCUT2D eigenvalue weighted by molar-refractivity contribution is -0.132. The van der Waals surface area contributed by atoms with E-state index in [0.29, 0.717) is 34.1 Å². The number of aliphatic hydroxyl groups is 1. The molecule has 1 aromatic heterocycles. The van der Waals surface area contributed by atoms with Crippen molar-refractivity contribution in [3.8, 4) is 5.75 Å². The van der Waals surface area contributed by atoms with E-state index in [0.717, 1.165) is 9.17 Å². The molecule has 1 aliphatic heterocycles. The second-order valence-electron chi connectivity index (χ2n) is 7.65. The van der Waals surface area contributed by atoms with E-state index in [2.05, 4.69) is 20.9 Å². The van der Waals surface area contributed by atoms with Gasteiger partial charge in [0.2, 0.25) is 0 Å². The fourth-order valence-electron chi connectivity index (χ4n) is 4.03. The summed E-state index contributed by atoms with van der Waals surface area (Å²) < 4.78 is 7.21. The first-order valence-corrected chi connectivity index (χ1v) is 12.2. The van der Waals surface area contributed by atoms with Gasteiger partial charge >= 0.3 is 5.91 Å². The highest BCUT2D eigenvalue weighted by atomic mass is 79.9. The molecule has 1 fully saturated rings. The van der Waals surface area contributed by atoms with Gasteiger partial charge in [0.1, 0.15) is 11.5 Å². The van der Waals surface area contributed by atoms with E-state index in [1.54, 1.807) is 24.3 Å². The molecule has 0 bridgehead atoms. The fourth-order valence-corrected chi connectivity index (χ4v) is 5.46. The molecule has 1 N–H and O–H groups in total. The van der Waals surface area contributed by atoms with E-state index in [-0.39, 0.29) is 11.3 Å². The molecule has 0 saturated carbocycles. The van der Waals surface area contributed by atoms with Crippen LogP contribution in [0.4, 0.5) is 5.13 Å². The van der Waals surface area contributed by atoms with Crippen molar-refractivity contribution in [1.82, 2.24) is 4.98 Å². The molecule has 1 saturated heterocycles. The Hall–Kier alpha value is -3.49. The molecule has 0 aliphatic carbocycles. The maximum absolute atomic E-state index is 13.3. The summed E-state index contributed by atoms with van der Waals surface area (Å²) in [6.07, 6.45) is 0. The number of halogens is 1. The van der Waals surface area contributed by atoms with Crippen molar-refractivity contribution in [3.63, 3.8) is 0 Å². The van der Waals surface area contributed by atoms with Crippen LogP contribution in [0.1, 0.15) is 24.1 Å². The van der Waals surface area contributed by atoms with Gasteiger partial charge in [-0.05, 0) is 42.8 Å². The molecule has 0 unspecified atom stereocenters. The van der Waals surface area contributed by atoms with Crippen LogP contribution in [-0.4, -0.2) is 28.4 Å². The van der Waals surface area contributed by atoms with E-state index in [1.165, 1.54) is 16.2 Å². The van der Waals surface area contributed by atoms with Crippen LogP contribution in [0, 0.1) is 0 Å². The molecule has 1 amide bonds. The smallest absolute Gasteiger partial charge is 0.301 e. The van der Waals surface area contributed by atoms with Crippen molar-refractivity contribution in [2.75, 3.05) is 11.5 Å². The molecule has 2 heterocycles. The number of hydrogen-bond donors (Lipinski definition) is 1. The number of aromatic nitrogens is 1. The van der Waals surface area contributed by atoms with Gasteiger partial charge in [-0.3, -0.25) is 14.5 Å². The summed E-state index contributed by atoms with van der Waals surface area (Å²) in [6, 6.07) is 20.8. The molecular formula is C26H19BrN2O4S. The fraction of sp³-hybridized carbons (Fsp3) is 0.115. The van der Waals surface area contributed by atoms with Gasteiger partial charge in [-0.2, -0.15) is 0 Å². The molecule has 0 radical (unpaired) electrons. The van der Waals surface area contributed by atoms with Crippen LogP contribution in [0.2, 0.25) is 0 Å². The molecule has 5 rings (SSSR count). The Bertz CT molecular complexity index is 1450. The van der Waals surface area contributed by atoms with Gasteiger partial charge in [0, 0.05) is 10.0 Å². The molecule has 1 aliphatic rings. The molecule has 34 heavy (non-hydrogen) atoms. The predicted octanol–water partition coefficient (Wildman–Crippen LogP) is 6.08. The third-order valence-electron chi connectivity index (χ3n) is 5.52. The van der Waals surface area contributed by atoms with Gasteiger partial charge in [-0.25, -0.2) is 4.98 Å². The zero-order chi connectivity index (χ0) is 23.8. The van der Waals surface area contributed by atoms with Gasteiger partial charge in [-0.15, -0.1) is 0 Å². The van der Waals surface area contributed by atoms with E-state index in [9.17, 15) is 14.7 Å². The van der Waals surface area contributed by atoms with Crippen molar-refractivity contribution in [2.45, 2.75) is 13.0 Å². The normalized spacial score (nSPS) is 17.5. The van der Waals surface area contributed by atoms with Crippen LogP contribution in [0.15, 0.2) is 82.8 Å². The average Bonchev–Trinajstić information content (AvgIpc) is 3.37. The van der Waals surface area contributed by atoms with Crippen LogP contribution < -0.4 is 9.64 Å². The van der Waals surface area contributed by atoms with Crippen LogP contribution >= 0.6 is 27.3 Å². The Morgan fingerprint density at radius 3 is 2.62 bits per heavy atom. The molecule has 170 valence electrons. The van der Waals surface area contributed by atoms with Crippen molar-refractivity contribution >= 4 is 60.1 Å². The lowest BCUT2D eigenvalue weighted by atomic mass is 9.95. The Balaban J connectivity index is 1.70. The molecule has 3 aromatic carbocycles. The number of carbonyl (C=O) groups is 2. The Morgan fingerprint density at radius 1 is 1.09 bits per heavy atom. The number of benzene rings is 3. The molecule has 4 aromatic rings. The van der Waals surface area contributed by atoms with Crippen molar-refractivity contribution in [2.24, 2.45) is 0 Å². The number of anilines is 1. The minimum absolute atomic E-state index is 0.0311. The maximum atomic E-state index is 13.3. The largest absolute Gasteiger partial charge is 0.507 e. The SMILES string of the molecule is CCOc1ccc2nc(N3C(=O)C(=O)/C(=C(/O)c4ccccc4)[C@H]3c3cccc(Br)c3)sc2c1. The lowest BCUT2D eigenvalue weighted by Crippen LogP contribution is -2.29. The standard InChI is InChI=1S/C26H19BrN2O4S/c1-2-33-18-11-12-19-20(14-18)34-26(28-19)29-22(16-9-6-10-17(27)13-16)21(24(31)25(29)32)23(30)15-7-4-3-5-8-15/h3-14,22,30H,2H2,1H3/b23-21+/t22-/m1/s1. The highest BCUT2D eigenvalue weighted by Gasteiger charge is 2.48. The number of thiazole rings is 1. The number of fused-ring (bicyclic) bond motifs is 1.